The molecule has 1 fully saturated rings. The number of fused-ring (bicyclic) bond motifs is 1. The second kappa shape index (κ2) is 2.02. The van der Waals surface area contributed by atoms with Crippen LogP contribution in [-0.4, -0.2) is 13.1 Å². The Morgan fingerprint density at radius 2 is 2.50 bits per heavy atom. The molecule has 2 aliphatic rings. The molecule has 0 bridgehead atoms. The minimum absolute atomic E-state index is 0.288. The molecule has 0 aromatic heterocycles. The fraction of sp³-hybridized carbons (Fsp3) is 0.429. The van der Waals surface area contributed by atoms with Gasteiger partial charge in [0.1, 0.15) is 0 Å². The Morgan fingerprint density at radius 1 is 1.60 bits per heavy atom. The highest BCUT2D eigenvalue weighted by Crippen LogP contribution is 2.23. The van der Waals surface area contributed by atoms with Crippen LogP contribution in [0.15, 0.2) is 23.7 Å². The Hall–Kier alpha value is -0.960. The molecule has 1 atom stereocenters. The van der Waals surface area contributed by atoms with Gasteiger partial charge in [0.15, 0.2) is 12.6 Å². The normalized spacial score (nSPS) is 29.5. The van der Waals surface area contributed by atoms with Gasteiger partial charge in [-0.05, 0) is 18.6 Å². The summed E-state index contributed by atoms with van der Waals surface area (Å²) in [6, 6.07) is 0. The SMILES string of the molecule is CC1=COC2OCOC2=C1. The molecule has 10 heavy (non-hydrogen) atoms. The van der Waals surface area contributed by atoms with Crippen molar-refractivity contribution < 1.29 is 14.2 Å². The van der Waals surface area contributed by atoms with E-state index in [1.165, 1.54) is 0 Å². The van der Waals surface area contributed by atoms with E-state index in [9.17, 15) is 0 Å². The van der Waals surface area contributed by atoms with Crippen LogP contribution in [0.25, 0.3) is 0 Å². The third-order valence-electron chi connectivity index (χ3n) is 1.42. The van der Waals surface area contributed by atoms with E-state index in [1.807, 2.05) is 13.0 Å². The third kappa shape index (κ3) is 0.789. The maximum atomic E-state index is 5.14. The maximum Gasteiger partial charge on any atom is 0.260 e. The molecule has 1 saturated heterocycles. The van der Waals surface area contributed by atoms with Crippen LogP contribution in [0.2, 0.25) is 0 Å². The zero-order valence-corrected chi connectivity index (χ0v) is 5.66. The number of rotatable bonds is 0. The number of ether oxygens (including phenoxy) is 3. The molecule has 3 heteroatoms. The van der Waals surface area contributed by atoms with Gasteiger partial charge in [0, 0.05) is 0 Å². The maximum absolute atomic E-state index is 5.14. The van der Waals surface area contributed by atoms with E-state index in [2.05, 4.69) is 0 Å². The van der Waals surface area contributed by atoms with Crippen molar-refractivity contribution in [3.05, 3.63) is 23.7 Å². The molecule has 1 unspecified atom stereocenters. The summed E-state index contributed by atoms with van der Waals surface area (Å²) in [5.74, 6) is 0.778. The molecule has 0 saturated carbocycles. The number of hydrogen-bond acceptors (Lipinski definition) is 3. The van der Waals surface area contributed by atoms with E-state index in [0.29, 0.717) is 6.79 Å². The zero-order chi connectivity index (χ0) is 6.97. The van der Waals surface area contributed by atoms with Gasteiger partial charge in [-0.25, -0.2) is 0 Å². The van der Waals surface area contributed by atoms with E-state index in [4.69, 9.17) is 14.2 Å². The summed E-state index contributed by atoms with van der Waals surface area (Å²) in [6.07, 6.45) is 3.30. The van der Waals surface area contributed by atoms with Gasteiger partial charge >= 0.3 is 0 Å². The van der Waals surface area contributed by atoms with Gasteiger partial charge < -0.3 is 9.47 Å². The summed E-state index contributed by atoms with van der Waals surface area (Å²) >= 11 is 0. The smallest absolute Gasteiger partial charge is 0.260 e. The Morgan fingerprint density at radius 3 is 3.40 bits per heavy atom. The molecule has 0 aliphatic carbocycles. The van der Waals surface area contributed by atoms with Crippen LogP contribution in [0.4, 0.5) is 0 Å². The molecule has 0 radical (unpaired) electrons. The van der Waals surface area contributed by atoms with Crippen molar-refractivity contribution in [1.29, 1.82) is 0 Å². The topological polar surface area (TPSA) is 27.7 Å². The van der Waals surface area contributed by atoms with E-state index >= 15 is 0 Å². The molecule has 0 N–H and O–H groups in total. The van der Waals surface area contributed by atoms with E-state index < -0.39 is 0 Å². The molecule has 0 aromatic carbocycles. The van der Waals surface area contributed by atoms with Crippen molar-refractivity contribution in [2.45, 2.75) is 13.2 Å². The lowest BCUT2D eigenvalue weighted by Gasteiger charge is -2.12. The summed E-state index contributed by atoms with van der Waals surface area (Å²) in [7, 11) is 0. The number of allylic oxidation sites excluding steroid dienone is 2. The highest BCUT2D eigenvalue weighted by atomic mass is 16.8. The van der Waals surface area contributed by atoms with Crippen LogP contribution in [0.5, 0.6) is 0 Å². The fourth-order valence-corrected chi connectivity index (χ4v) is 0.958. The van der Waals surface area contributed by atoms with Crippen molar-refractivity contribution in [1.82, 2.24) is 0 Å². The van der Waals surface area contributed by atoms with Crippen LogP contribution < -0.4 is 0 Å². The molecule has 0 aromatic rings. The van der Waals surface area contributed by atoms with Crippen LogP contribution >= 0.6 is 0 Å². The van der Waals surface area contributed by atoms with E-state index in [-0.39, 0.29) is 6.29 Å². The van der Waals surface area contributed by atoms with Crippen LogP contribution in [0.3, 0.4) is 0 Å². The van der Waals surface area contributed by atoms with Crippen molar-refractivity contribution >= 4 is 0 Å². The van der Waals surface area contributed by atoms with E-state index in [0.717, 1.165) is 11.3 Å². The molecule has 0 amide bonds. The highest BCUT2D eigenvalue weighted by molar-refractivity contribution is 5.22. The fourth-order valence-electron chi connectivity index (χ4n) is 0.958. The van der Waals surface area contributed by atoms with Crippen LogP contribution in [0.1, 0.15) is 6.92 Å². The Kier molecular flexibility index (Phi) is 1.17. The average molecular weight is 140 g/mol. The summed E-state index contributed by atoms with van der Waals surface area (Å²) in [4.78, 5) is 0. The Bertz CT molecular complexity index is 205. The molecule has 0 spiro atoms. The van der Waals surface area contributed by atoms with Crippen molar-refractivity contribution in [2.24, 2.45) is 0 Å². The summed E-state index contributed by atoms with van der Waals surface area (Å²) in [6.45, 7) is 2.25. The molecule has 2 rings (SSSR count). The molecule has 2 aliphatic heterocycles. The minimum Gasteiger partial charge on any atom is -0.465 e. The molecular weight excluding hydrogens is 132 g/mol. The lowest BCUT2D eigenvalue weighted by Crippen LogP contribution is -2.12. The summed E-state index contributed by atoms with van der Waals surface area (Å²) in [5, 5.41) is 0. The molecule has 3 nitrogen and oxygen atoms in total. The van der Waals surface area contributed by atoms with Gasteiger partial charge in [-0.3, -0.25) is 4.74 Å². The van der Waals surface area contributed by atoms with Crippen LogP contribution in [-0.2, 0) is 14.2 Å². The molecule has 2 heterocycles. The Balaban J connectivity index is 2.24. The van der Waals surface area contributed by atoms with E-state index in [1.54, 1.807) is 6.26 Å². The Labute approximate surface area is 58.9 Å². The monoisotopic (exact) mass is 140 g/mol. The first-order valence-electron chi connectivity index (χ1n) is 3.14. The number of hydrogen-bond donors (Lipinski definition) is 0. The second-order valence-corrected chi connectivity index (χ2v) is 2.31. The summed E-state index contributed by atoms with van der Waals surface area (Å²) in [5.41, 5.74) is 1.05. The molecule has 54 valence electrons. The first-order valence-corrected chi connectivity index (χ1v) is 3.14. The first kappa shape index (κ1) is 5.80. The van der Waals surface area contributed by atoms with Gasteiger partial charge in [-0.1, -0.05) is 0 Å². The standard InChI is InChI=1S/C7H8O3/c1-5-2-6-7(8-3-5)10-4-9-6/h2-3,7H,4H2,1H3. The van der Waals surface area contributed by atoms with Crippen molar-refractivity contribution in [3.8, 4) is 0 Å². The van der Waals surface area contributed by atoms with Crippen LogP contribution in [0, 0.1) is 0 Å². The highest BCUT2D eigenvalue weighted by Gasteiger charge is 2.26. The summed E-state index contributed by atoms with van der Waals surface area (Å²) < 4.78 is 15.3. The quantitative estimate of drug-likeness (QED) is 0.505. The lowest BCUT2D eigenvalue weighted by atomic mass is 10.2. The third-order valence-corrected chi connectivity index (χ3v) is 1.42. The largest absolute Gasteiger partial charge is 0.465 e. The zero-order valence-electron chi connectivity index (χ0n) is 5.66. The van der Waals surface area contributed by atoms with Crippen molar-refractivity contribution in [3.63, 3.8) is 0 Å². The lowest BCUT2D eigenvalue weighted by molar-refractivity contribution is -0.0633. The minimum atomic E-state index is -0.288. The van der Waals surface area contributed by atoms with Gasteiger partial charge in [0.25, 0.3) is 6.29 Å². The predicted octanol–water partition coefficient (Wildman–Crippen LogP) is 1.13. The first-order chi connectivity index (χ1) is 4.86. The second-order valence-electron chi connectivity index (χ2n) is 2.31. The van der Waals surface area contributed by atoms with Gasteiger partial charge in [-0.2, -0.15) is 0 Å². The van der Waals surface area contributed by atoms with Gasteiger partial charge in [0.05, 0.1) is 6.26 Å². The predicted molar refractivity (Wildman–Crippen MR) is 33.7 cm³/mol. The van der Waals surface area contributed by atoms with Gasteiger partial charge in [0.2, 0.25) is 0 Å². The average Bonchev–Trinajstić information content (AvgIpc) is 2.33. The van der Waals surface area contributed by atoms with Gasteiger partial charge in [-0.15, -0.1) is 0 Å². The van der Waals surface area contributed by atoms with Crippen molar-refractivity contribution in [2.75, 3.05) is 6.79 Å². The molecular formula is C7H8O3.